The SMILES string of the molecule is CC.CCCCC(=O)NCCC(CCCC(=O)NC(Cc1ccccc1)C(=O)NC(CCCN=C(N)N)C(=O)N[C@@H](Cc1c[nH]/c2c1=CC/C=C\CC\C=2)C(=O)NCC(N)=O)c1ccc(OCC)cc1. The molecule has 0 aliphatic heterocycles. The number of amides is 6. The molecule has 1 aliphatic rings. The van der Waals surface area contributed by atoms with Crippen LogP contribution in [0.1, 0.15) is 127 Å². The van der Waals surface area contributed by atoms with Crippen molar-refractivity contribution in [3.05, 3.63) is 100 Å². The number of unbranched alkanes of at least 4 members (excludes halogenated alkanes) is 1. The Morgan fingerprint density at radius 1 is 0.714 bits per heavy atom. The van der Waals surface area contributed by atoms with Crippen LogP contribution in [0.5, 0.6) is 5.75 Å². The fourth-order valence-electron chi connectivity index (χ4n) is 7.97. The summed E-state index contributed by atoms with van der Waals surface area (Å²) in [6.07, 6.45) is 17.2. The number of fused-ring (bicyclic) bond motifs is 1. The second kappa shape index (κ2) is 32.8. The number of nitrogens with two attached hydrogens (primary N) is 3. The third kappa shape index (κ3) is 21.6. The van der Waals surface area contributed by atoms with Gasteiger partial charge in [0.15, 0.2) is 5.96 Å². The first-order valence-electron chi connectivity index (χ1n) is 24.9. The number of aromatic nitrogens is 1. The first-order chi connectivity index (χ1) is 33.9. The van der Waals surface area contributed by atoms with Crippen LogP contribution < -0.4 is 59.1 Å². The van der Waals surface area contributed by atoms with Crippen LogP contribution in [0, 0.1) is 0 Å². The predicted molar refractivity (Wildman–Crippen MR) is 276 cm³/mol. The second-order valence-electron chi connectivity index (χ2n) is 16.9. The van der Waals surface area contributed by atoms with Crippen LogP contribution in [-0.4, -0.2) is 90.8 Å². The Hall–Kier alpha value is -6.91. The maximum absolute atomic E-state index is 14.4. The number of H-pyrrole nitrogens is 1. The van der Waals surface area contributed by atoms with E-state index in [1.54, 1.807) is 6.20 Å². The number of aliphatic imine (C=N–C) groups is 1. The average Bonchev–Trinajstić information content (AvgIpc) is 3.77. The van der Waals surface area contributed by atoms with Crippen molar-refractivity contribution in [3.63, 3.8) is 0 Å². The van der Waals surface area contributed by atoms with Gasteiger partial charge in [0.25, 0.3) is 0 Å². The van der Waals surface area contributed by atoms with E-state index in [1.165, 1.54) is 0 Å². The summed E-state index contributed by atoms with van der Waals surface area (Å²) in [5, 5.41) is 16.0. The van der Waals surface area contributed by atoms with Gasteiger partial charge in [0, 0.05) is 50.3 Å². The molecule has 2 aromatic carbocycles. The molecule has 1 aromatic heterocycles. The number of rotatable bonds is 29. The zero-order valence-corrected chi connectivity index (χ0v) is 41.7. The Labute approximate surface area is 413 Å². The Morgan fingerprint density at radius 2 is 1.41 bits per heavy atom. The second-order valence-corrected chi connectivity index (χ2v) is 16.9. The van der Waals surface area contributed by atoms with Crippen LogP contribution in [0.3, 0.4) is 0 Å². The van der Waals surface area contributed by atoms with Crippen LogP contribution >= 0.6 is 0 Å². The molecule has 0 bridgehead atoms. The van der Waals surface area contributed by atoms with Crippen LogP contribution in [0.2, 0.25) is 0 Å². The molecular formula is C53H78N10O7. The number of guanidine groups is 1. The van der Waals surface area contributed by atoms with Crippen LogP contribution in [-0.2, 0) is 41.6 Å². The van der Waals surface area contributed by atoms with Gasteiger partial charge in [-0.15, -0.1) is 0 Å². The van der Waals surface area contributed by atoms with Gasteiger partial charge in [-0.2, -0.15) is 0 Å². The van der Waals surface area contributed by atoms with Crippen LogP contribution in [0.4, 0.5) is 0 Å². The number of nitrogens with one attached hydrogen (secondary N) is 6. The average molecular weight is 967 g/mol. The molecule has 70 heavy (non-hydrogen) atoms. The minimum Gasteiger partial charge on any atom is -0.494 e. The van der Waals surface area contributed by atoms with Crippen molar-refractivity contribution in [2.45, 2.75) is 142 Å². The first kappa shape index (κ1) is 57.4. The topological polar surface area (TPSA) is 278 Å². The Morgan fingerprint density at radius 3 is 2.11 bits per heavy atom. The summed E-state index contributed by atoms with van der Waals surface area (Å²) in [5.41, 5.74) is 19.1. The molecule has 17 heteroatoms. The van der Waals surface area contributed by atoms with E-state index in [0.717, 1.165) is 58.7 Å². The summed E-state index contributed by atoms with van der Waals surface area (Å²) in [7, 11) is 0. The molecule has 12 N–H and O–H groups in total. The molecular weight excluding hydrogens is 889 g/mol. The minimum absolute atomic E-state index is 0.0185. The number of aromatic amines is 1. The lowest BCUT2D eigenvalue weighted by Gasteiger charge is -2.25. The molecule has 1 heterocycles. The van der Waals surface area contributed by atoms with Gasteiger partial charge in [-0.1, -0.05) is 94.0 Å². The number of nitrogens with zero attached hydrogens (tertiary/aromatic N) is 1. The number of carbonyl (C=O) groups excluding carboxylic acids is 6. The molecule has 382 valence electrons. The molecule has 4 rings (SSSR count). The fraction of sp³-hybridized carbons (Fsp3) is 0.491. The third-order valence-corrected chi connectivity index (χ3v) is 11.5. The number of ether oxygens (including phenoxy) is 1. The van der Waals surface area contributed by atoms with Crippen molar-refractivity contribution in [3.8, 4) is 5.75 Å². The van der Waals surface area contributed by atoms with E-state index in [-0.39, 0.29) is 62.3 Å². The number of hydrogen-bond donors (Lipinski definition) is 9. The van der Waals surface area contributed by atoms with Crippen molar-refractivity contribution < 1.29 is 33.5 Å². The molecule has 3 unspecified atom stereocenters. The highest BCUT2D eigenvalue weighted by atomic mass is 16.5. The summed E-state index contributed by atoms with van der Waals surface area (Å²) in [6, 6.07) is 13.7. The lowest BCUT2D eigenvalue weighted by molar-refractivity contribution is -0.134. The quantitative estimate of drug-likeness (QED) is 0.0213. The lowest BCUT2D eigenvalue weighted by Crippen LogP contribution is -2.58. The van der Waals surface area contributed by atoms with Gasteiger partial charge >= 0.3 is 0 Å². The summed E-state index contributed by atoms with van der Waals surface area (Å²) in [5.74, 6) is -2.32. The molecule has 0 fully saturated rings. The number of primary amides is 1. The first-order valence-corrected chi connectivity index (χ1v) is 24.9. The Kier molecular flexibility index (Phi) is 26.9. The number of hydrogen-bond acceptors (Lipinski definition) is 8. The van der Waals surface area contributed by atoms with Crippen molar-refractivity contribution in [2.24, 2.45) is 22.2 Å². The normalized spacial score (nSPS) is 14.4. The largest absolute Gasteiger partial charge is 0.494 e. The molecule has 6 amide bonds. The highest BCUT2D eigenvalue weighted by Crippen LogP contribution is 2.27. The number of carbonyl (C=O) groups is 6. The van der Waals surface area contributed by atoms with Crippen molar-refractivity contribution >= 4 is 53.6 Å². The van der Waals surface area contributed by atoms with Crippen molar-refractivity contribution in [1.29, 1.82) is 0 Å². The van der Waals surface area contributed by atoms with Gasteiger partial charge in [0.1, 0.15) is 23.9 Å². The van der Waals surface area contributed by atoms with E-state index in [1.807, 2.05) is 88.4 Å². The Balaban J connectivity index is 0.00000639. The van der Waals surface area contributed by atoms with E-state index < -0.39 is 48.3 Å². The van der Waals surface area contributed by atoms with Gasteiger partial charge in [0.2, 0.25) is 35.4 Å². The van der Waals surface area contributed by atoms with E-state index in [4.69, 9.17) is 21.9 Å². The maximum atomic E-state index is 14.4. The molecule has 0 radical (unpaired) electrons. The van der Waals surface area contributed by atoms with Gasteiger partial charge in [-0.05, 0) is 105 Å². The van der Waals surface area contributed by atoms with Gasteiger partial charge in [-0.25, -0.2) is 0 Å². The van der Waals surface area contributed by atoms with Crippen LogP contribution in [0.15, 0.2) is 77.9 Å². The van der Waals surface area contributed by atoms with Crippen LogP contribution in [0.25, 0.3) is 12.2 Å². The van der Waals surface area contributed by atoms with E-state index in [0.29, 0.717) is 45.3 Å². The number of allylic oxidation sites excluding steroid dienone is 2. The van der Waals surface area contributed by atoms with Crippen molar-refractivity contribution in [1.82, 2.24) is 31.6 Å². The third-order valence-electron chi connectivity index (χ3n) is 11.5. The van der Waals surface area contributed by atoms with E-state index >= 15 is 0 Å². The van der Waals surface area contributed by atoms with Gasteiger partial charge < -0.3 is 53.5 Å². The summed E-state index contributed by atoms with van der Waals surface area (Å²) < 4.78 is 5.65. The lowest BCUT2D eigenvalue weighted by atomic mass is 9.90. The molecule has 17 nitrogen and oxygen atoms in total. The zero-order chi connectivity index (χ0) is 51.1. The van der Waals surface area contributed by atoms with E-state index in [9.17, 15) is 28.8 Å². The predicted octanol–water partition coefficient (Wildman–Crippen LogP) is 3.29. The smallest absolute Gasteiger partial charge is 0.243 e. The molecule has 3 aromatic rings. The number of benzene rings is 2. The molecule has 4 atom stereocenters. The summed E-state index contributed by atoms with van der Waals surface area (Å²) in [6.45, 7) is 8.73. The monoisotopic (exact) mass is 967 g/mol. The molecule has 0 saturated carbocycles. The maximum Gasteiger partial charge on any atom is 0.243 e. The molecule has 0 spiro atoms. The zero-order valence-electron chi connectivity index (χ0n) is 41.7. The summed E-state index contributed by atoms with van der Waals surface area (Å²) in [4.78, 5) is 87.5. The minimum atomic E-state index is -1.18. The fourth-order valence-corrected chi connectivity index (χ4v) is 7.97. The van der Waals surface area contributed by atoms with Gasteiger partial charge in [-0.3, -0.25) is 33.8 Å². The highest BCUT2D eigenvalue weighted by Gasteiger charge is 2.30. The highest BCUT2D eigenvalue weighted by molar-refractivity contribution is 5.95. The van der Waals surface area contributed by atoms with Crippen molar-refractivity contribution in [2.75, 3.05) is 26.2 Å². The summed E-state index contributed by atoms with van der Waals surface area (Å²) >= 11 is 0. The standard InChI is InChI=1S/C51H72N10O7.C2H6/c1-3-5-22-46(63)55-30-28-36(37-24-26-39(27-25-37)68-4-2)18-14-23-47(64)59-43(31-35-16-10-9-11-17-35)50(67)60-42(21-15-29-56-51(53)54)49(66)61-44(48(65)58-34-45(52)62)32-38-33-57-41-20-13-8-6-7-12-19-40(38)41;1-2/h6-7,9-11,16-17,19-20,24-27,33,36,42-44,57H,3-5,8,12-15,18,21-23,28-32,34H2,1-2H3,(H2,52,62)(H,55,63)(H,58,65)(H,59,64)(H,60,67)(H,61,66)(H4,53,54,56);1-2H3/b7-6-,40-19?,41-20+;/t36?,42?,43?,44-;/m0./s1. The van der Waals surface area contributed by atoms with E-state index in [2.05, 4.69) is 54.8 Å². The van der Waals surface area contributed by atoms with Gasteiger partial charge in [0.05, 0.1) is 13.2 Å². The molecule has 1 aliphatic carbocycles. The Bertz CT molecular complexity index is 2270. The molecule has 0 saturated heterocycles.